The second-order valence-corrected chi connectivity index (χ2v) is 7.43. The molecule has 1 aromatic carbocycles. The van der Waals surface area contributed by atoms with E-state index in [1.54, 1.807) is 6.07 Å². The third-order valence-electron chi connectivity index (χ3n) is 5.51. The molecule has 0 aliphatic carbocycles. The van der Waals surface area contributed by atoms with Crippen LogP contribution >= 0.6 is 0 Å². The molecule has 132 valence electrons. The number of benzene rings is 1. The summed E-state index contributed by atoms with van der Waals surface area (Å²) in [5, 5.41) is 9.11. The van der Waals surface area contributed by atoms with Crippen molar-refractivity contribution in [3.8, 4) is 6.07 Å². The summed E-state index contributed by atoms with van der Waals surface area (Å²) in [4.78, 5) is 14.9. The van der Waals surface area contributed by atoms with Crippen LogP contribution in [0.1, 0.15) is 41.6 Å². The van der Waals surface area contributed by atoms with Crippen LogP contribution in [0.3, 0.4) is 0 Å². The molecule has 4 rings (SSSR count). The zero-order valence-corrected chi connectivity index (χ0v) is 15.1. The number of likely N-dealkylation sites (tertiary alicyclic amines) is 1. The van der Waals surface area contributed by atoms with Gasteiger partial charge in [-0.1, -0.05) is 24.3 Å². The molecule has 2 aliphatic heterocycles. The number of fused-ring (bicyclic) bond motifs is 4. The Morgan fingerprint density at radius 1 is 1.23 bits per heavy atom. The Labute approximate surface area is 154 Å². The minimum absolute atomic E-state index is 0.123. The lowest BCUT2D eigenvalue weighted by molar-refractivity contribution is 0.114. The molecule has 4 nitrogen and oxygen atoms in total. The van der Waals surface area contributed by atoms with Crippen molar-refractivity contribution >= 4 is 6.08 Å². The normalized spacial score (nSPS) is 22.2. The average Bonchev–Trinajstić information content (AvgIpc) is 2.64. The summed E-state index contributed by atoms with van der Waals surface area (Å²) in [5.74, 6) is 0.903. The monoisotopic (exact) mass is 345 g/mol. The van der Waals surface area contributed by atoms with E-state index in [1.165, 1.54) is 16.8 Å². The van der Waals surface area contributed by atoms with Gasteiger partial charge >= 0.3 is 0 Å². The number of pyridine rings is 1. The molecule has 0 saturated carbocycles. The third kappa shape index (κ3) is 3.11. The number of hydrogen-bond donors (Lipinski definition) is 0. The van der Waals surface area contributed by atoms with Gasteiger partial charge in [0.2, 0.25) is 0 Å². The van der Waals surface area contributed by atoms with E-state index in [4.69, 9.17) is 5.26 Å². The Morgan fingerprint density at radius 2 is 2.12 bits per heavy atom. The summed E-state index contributed by atoms with van der Waals surface area (Å²) in [6.07, 6.45) is 5.31. The molecule has 0 radical (unpaired) electrons. The minimum Gasteiger partial charge on any atom is -0.311 e. The molecule has 2 aliphatic rings. The third-order valence-corrected chi connectivity index (χ3v) is 5.51. The molecule has 2 atom stereocenters. The van der Waals surface area contributed by atoms with Crippen LogP contribution in [0.15, 0.2) is 47.3 Å². The van der Waals surface area contributed by atoms with Gasteiger partial charge in [0, 0.05) is 43.9 Å². The van der Waals surface area contributed by atoms with Crippen LogP contribution in [0.25, 0.3) is 6.08 Å². The minimum atomic E-state index is 0.123. The lowest BCUT2D eigenvalue weighted by Gasteiger charge is -2.43. The molecule has 1 fully saturated rings. The fraction of sp³-hybridized carbons (Fsp3) is 0.364. The van der Waals surface area contributed by atoms with Gasteiger partial charge < -0.3 is 4.57 Å². The molecule has 26 heavy (non-hydrogen) atoms. The highest BCUT2D eigenvalue weighted by atomic mass is 16.1. The van der Waals surface area contributed by atoms with E-state index in [2.05, 4.69) is 23.1 Å². The van der Waals surface area contributed by atoms with Gasteiger partial charge in [-0.3, -0.25) is 9.69 Å². The van der Waals surface area contributed by atoms with Crippen molar-refractivity contribution in [2.75, 3.05) is 13.1 Å². The largest absolute Gasteiger partial charge is 0.311 e. The molecule has 4 heteroatoms. The second kappa shape index (κ2) is 6.93. The molecule has 0 N–H and O–H groups in total. The van der Waals surface area contributed by atoms with Gasteiger partial charge in [0.05, 0.1) is 11.6 Å². The van der Waals surface area contributed by atoms with Gasteiger partial charge in [-0.2, -0.15) is 5.26 Å². The predicted octanol–water partition coefficient (Wildman–Crippen LogP) is 3.37. The van der Waals surface area contributed by atoms with E-state index >= 15 is 0 Å². The fourth-order valence-corrected chi connectivity index (χ4v) is 4.59. The first-order valence-electron chi connectivity index (χ1n) is 9.25. The van der Waals surface area contributed by atoms with E-state index in [-0.39, 0.29) is 5.56 Å². The summed E-state index contributed by atoms with van der Waals surface area (Å²) in [6, 6.07) is 13.8. The molecular weight excluding hydrogens is 322 g/mol. The number of aromatic nitrogens is 1. The van der Waals surface area contributed by atoms with Crippen LogP contribution in [0.2, 0.25) is 0 Å². The van der Waals surface area contributed by atoms with Crippen molar-refractivity contribution in [3.63, 3.8) is 0 Å². The zero-order chi connectivity index (χ0) is 18.1. The zero-order valence-electron chi connectivity index (χ0n) is 15.1. The number of rotatable bonds is 3. The predicted molar refractivity (Wildman–Crippen MR) is 103 cm³/mol. The number of hydrogen-bond acceptors (Lipinski definition) is 3. The Hall–Kier alpha value is -2.64. The summed E-state index contributed by atoms with van der Waals surface area (Å²) in [5.41, 5.74) is 4.39. The lowest BCUT2D eigenvalue weighted by Crippen LogP contribution is -2.47. The summed E-state index contributed by atoms with van der Waals surface area (Å²) < 4.78 is 2.00. The van der Waals surface area contributed by atoms with E-state index < -0.39 is 0 Å². The smallest absolute Gasteiger partial charge is 0.250 e. The highest BCUT2D eigenvalue weighted by Gasteiger charge is 2.35. The first-order valence-corrected chi connectivity index (χ1v) is 9.25. The van der Waals surface area contributed by atoms with Gasteiger partial charge in [0.1, 0.15) is 0 Å². The van der Waals surface area contributed by atoms with Gasteiger partial charge in [0.15, 0.2) is 0 Å². The molecule has 2 aromatic rings. The topological polar surface area (TPSA) is 49.0 Å². The van der Waals surface area contributed by atoms with Crippen molar-refractivity contribution in [2.45, 2.75) is 32.4 Å². The first-order chi connectivity index (χ1) is 12.7. The van der Waals surface area contributed by atoms with Crippen molar-refractivity contribution in [1.29, 1.82) is 5.26 Å². The van der Waals surface area contributed by atoms with Crippen LogP contribution in [0, 0.1) is 17.2 Å². The SMILES string of the molecule is C/C=C/c1ccc(=O)n2c1[C@@H]1C[C@@H](CN(Cc3cccc(C#N)c3)C1)C2. The molecular formula is C22H23N3O. The maximum Gasteiger partial charge on any atom is 0.250 e. The molecule has 0 spiro atoms. The van der Waals surface area contributed by atoms with Crippen LogP contribution in [0.5, 0.6) is 0 Å². The van der Waals surface area contributed by atoms with Crippen LogP contribution in [-0.4, -0.2) is 22.6 Å². The van der Waals surface area contributed by atoms with Crippen molar-refractivity contribution < 1.29 is 0 Å². The number of nitriles is 1. The molecule has 0 amide bonds. The van der Waals surface area contributed by atoms with E-state index in [0.29, 0.717) is 17.4 Å². The summed E-state index contributed by atoms with van der Waals surface area (Å²) >= 11 is 0. The molecule has 0 unspecified atom stereocenters. The summed E-state index contributed by atoms with van der Waals surface area (Å²) in [7, 11) is 0. The molecule has 1 aromatic heterocycles. The van der Waals surface area contributed by atoms with E-state index in [1.807, 2.05) is 41.8 Å². The molecule has 3 heterocycles. The van der Waals surface area contributed by atoms with Gasteiger partial charge in [0.25, 0.3) is 5.56 Å². The Morgan fingerprint density at radius 3 is 2.92 bits per heavy atom. The lowest BCUT2D eigenvalue weighted by atomic mass is 9.81. The standard InChI is InChI=1S/C22H23N3O/c1-2-4-19-7-8-21(26)25-14-18-10-20(22(19)25)15-24(13-18)12-17-6-3-5-16(9-17)11-23/h2-9,18,20H,10,12-15H2,1H3/b4-2+/t18-,20+/m0/s1. The Bertz CT molecular complexity index is 951. The van der Waals surface area contributed by atoms with Gasteiger partial charge in [-0.15, -0.1) is 0 Å². The quantitative estimate of drug-likeness (QED) is 0.857. The number of piperidine rings is 1. The second-order valence-electron chi connectivity index (χ2n) is 7.43. The maximum absolute atomic E-state index is 12.4. The Kier molecular flexibility index (Phi) is 4.48. The van der Waals surface area contributed by atoms with Crippen LogP contribution in [0.4, 0.5) is 0 Å². The van der Waals surface area contributed by atoms with Crippen LogP contribution < -0.4 is 5.56 Å². The fourth-order valence-electron chi connectivity index (χ4n) is 4.59. The Balaban J connectivity index is 1.63. The molecule has 2 bridgehead atoms. The van der Waals surface area contributed by atoms with Gasteiger partial charge in [-0.05, 0) is 48.6 Å². The van der Waals surface area contributed by atoms with Crippen LogP contribution in [-0.2, 0) is 13.1 Å². The van der Waals surface area contributed by atoms with Gasteiger partial charge in [-0.25, -0.2) is 0 Å². The number of nitrogens with zero attached hydrogens (tertiary/aromatic N) is 3. The van der Waals surface area contributed by atoms with Crippen molar-refractivity contribution in [1.82, 2.24) is 9.47 Å². The summed E-state index contributed by atoms with van der Waals surface area (Å²) in [6.45, 7) is 5.65. The number of allylic oxidation sites excluding steroid dienone is 1. The van der Waals surface area contributed by atoms with E-state index in [9.17, 15) is 4.79 Å². The maximum atomic E-state index is 12.4. The van der Waals surface area contributed by atoms with Crippen molar-refractivity contribution in [3.05, 3.63) is 75.2 Å². The molecule has 1 saturated heterocycles. The first kappa shape index (κ1) is 16.8. The van der Waals surface area contributed by atoms with Crippen molar-refractivity contribution in [2.24, 2.45) is 5.92 Å². The van der Waals surface area contributed by atoms with E-state index in [0.717, 1.165) is 32.6 Å². The highest BCUT2D eigenvalue weighted by Crippen LogP contribution is 2.37. The highest BCUT2D eigenvalue weighted by molar-refractivity contribution is 5.53. The average molecular weight is 345 g/mol.